The van der Waals surface area contributed by atoms with Crippen molar-refractivity contribution >= 4 is 17.9 Å². The molecule has 0 saturated heterocycles. The molecular weight excluding hydrogens is 865 g/mol. The van der Waals surface area contributed by atoms with Crippen LogP contribution >= 0.6 is 0 Å². The van der Waals surface area contributed by atoms with Gasteiger partial charge in [0.1, 0.15) is 13.2 Å². The Bertz CT molecular complexity index is 1490. The lowest BCUT2D eigenvalue weighted by Gasteiger charge is -2.18. The Morgan fingerprint density at radius 2 is 0.557 bits per heavy atom. The highest BCUT2D eigenvalue weighted by atomic mass is 16.6. The fraction of sp³-hybridized carbons (Fsp3) is 0.641. The minimum absolute atomic E-state index is 0.115. The van der Waals surface area contributed by atoms with Crippen LogP contribution in [0.4, 0.5) is 0 Å². The van der Waals surface area contributed by atoms with Gasteiger partial charge in [0, 0.05) is 19.3 Å². The normalized spacial score (nSPS) is 13.0. The average Bonchev–Trinajstić information content (AvgIpc) is 3.36. The number of unbranched alkanes of at least 4 members (excludes halogenated alkanes) is 19. The molecule has 0 heterocycles. The number of rotatable bonds is 50. The van der Waals surface area contributed by atoms with E-state index in [1.54, 1.807) is 0 Å². The van der Waals surface area contributed by atoms with E-state index in [1.165, 1.54) is 83.5 Å². The number of hydrogen-bond donors (Lipinski definition) is 0. The molecule has 0 spiro atoms. The molecule has 0 aliphatic carbocycles. The van der Waals surface area contributed by atoms with Gasteiger partial charge < -0.3 is 14.2 Å². The largest absolute Gasteiger partial charge is 0.462 e. The van der Waals surface area contributed by atoms with Crippen LogP contribution in [-0.4, -0.2) is 37.2 Å². The average molecular weight is 970 g/mol. The fourth-order valence-corrected chi connectivity index (χ4v) is 7.49. The predicted molar refractivity (Wildman–Crippen MR) is 302 cm³/mol. The summed E-state index contributed by atoms with van der Waals surface area (Å²) in [5.74, 6) is -0.995. The molecule has 70 heavy (non-hydrogen) atoms. The van der Waals surface area contributed by atoms with E-state index in [2.05, 4.69) is 142 Å². The summed E-state index contributed by atoms with van der Waals surface area (Å²) in [6, 6.07) is 0. The summed E-state index contributed by atoms with van der Waals surface area (Å²) in [6.07, 6.45) is 79.1. The lowest BCUT2D eigenvalue weighted by atomic mass is 10.0. The van der Waals surface area contributed by atoms with Crippen molar-refractivity contribution in [2.45, 2.75) is 252 Å². The maximum absolute atomic E-state index is 12.9. The van der Waals surface area contributed by atoms with E-state index in [0.29, 0.717) is 32.1 Å². The van der Waals surface area contributed by atoms with Crippen molar-refractivity contribution in [2.75, 3.05) is 13.2 Å². The topological polar surface area (TPSA) is 78.9 Å². The lowest BCUT2D eigenvalue weighted by molar-refractivity contribution is -0.167. The van der Waals surface area contributed by atoms with Crippen molar-refractivity contribution in [3.8, 4) is 0 Å². The lowest BCUT2D eigenvalue weighted by Crippen LogP contribution is -2.30. The molecule has 0 aromatic carbocycles. The third-order valence-electron chi connectivity index (χ3n) is 11.7. The molecule has 0 aromatic rings. The molecule has 0 fully saturated rings. The van der Waals surface area contributed by atoms with E-state index >= 15 is 0 Å². The van der Waals surface area contributed by atoms with Crippen LogP contribution in [0, 0.1) is 0 Å². The summed E-state index contributed by atoms with van der Waals surface area (Å²) < 4.78 is 16.8. The molecule has 6 heteroatoms. The van der Waals surface area contributed by atoms with Gasteiger partial charge in [0.25, 0.3) is 0 Å². The van der Waals surface area contributed by atoms with Crippen molar-refractivity contribution in [3.05, 3.63) is 122 Å². The van der Waals surface area contributed by atoms with Gasteiger partial charge in [-0.1, -0.05) is 239 Å². The van der Waals surface area contributed by atoms with Gasteiger partial charge in [-0.3, -0.25) is 14.4 Å². The molecule has 1 atom stereocenters. The fourth-order valence-electron chi connectivity index (χ4n) is 7.49. The Kier molecular flexibility index (Phi) is 54.0. The molecule has 0 bridgehead atoms. The number of carbonyl (C=O) groups excluding carboxylic acids is 3. The van der Waals surface area contributed by atoms with Crippen molar-refractivity contribution in [3.63, 3.8) is 0 Å². The van der Waals surface area contributed by atoms with Crippen LogP contribution in [0.25, 0.3) is 0 Å². The number of esters is 3. The summed E-state index contributed by atoms with van der Waals surface area (Å²) >= 11 is 0. The van der Waals surface area contributed by atoms with Gasteiger partial charge in [-0.25, -0.2) is 0 Å². The first-order valence-electron chi connectivity index (χ1n) is 28.5. The minimum atomic E-state index is -0.815. The summed E-state index contributed by atoms with van der Waals surface area (Å²) in [7, 11) is 0. The SMILES string of the molecule is CC/C=C\C/C=C\C/C=C\C/C=C\C/C=C\C/C=C\CCCCC(=O)OCC(COC(=O)CCCC/C=C\C/C=C\C/C=C\C/C=C\CC)OC(=O)CCCCCCCCCCCCCCCCCC. The van der Waals surface area contributed by atoms with Gasteiger partial charge in [-0.15, -0.1) is 0 Å². The standard InChI is InChI=1S/C64H104O6/c1-4-7-10-13-16-19-22-25-28-30-31-32-33-34-37-39-42-45-48-51-54-57-63(66)69-60-61(59-68-62(65)56-53-50-47-44-41-38-35-27-24-21-18-15-12-9-6-3)70-64(67)58-55-52-49-46-43-40-36-29-26-23-20-17-14-11-8-5-2/h7,9-10,12,16,18-19,21,25,27-28,31-32,34-35,37,41-42,44-45,61H,4-6,8,11,13-15,17,20,22-24,26,29-30,33,36,38-40,43,46-60H2,1-3H3/b10-7-,12-9-,19-16-,21-18-,28-25-,32-31-,35-27-,37-34-,44-41-,45-42-. The minimum Gasteiger partial charge on any atom is -0.462 e. The number of carbonyl (C=O) groups is 3. The van der Waals surface area contributed by atoms with Crippen LogP contribution in [0.15, 0.2) is 122 Å². The molecule has 1 unspecified atom stereocenters. The quantitative estimate of drug-likeness (QED) is 0.0262. The zero-order chi connectivity index (χ0) is 50.7. The zero-order valence-corrected chi connectivity index (χ0v) is 45.2. The molecule has 396 valence electrons. The first-order chi connectivity index (χ1) is 34.5. The van der Waals surface area contributed by atoms with Gasteiger partial charge in [-0.05, 0) is 109 Å². The number of hydrogen-bond acceptors (Lipinski definition) is 6. The van der Waals surface area contributed by atoms with Crippen LogP contribution in [0.5, 0.6) is 0 Å². The van der Waals surface area contributed by atoms with Gasteiger partial charge in [0.2, 0.25) is 0 Å². The first-order valence-corrected chi connectivity index (χ1v) is 28.5. The summed E-state index contributed by atoms with van der Waals surface area (Å²) in [5, 5.41) is 0. The van der Waals surface area contributed by atoms with Gasteiger partial charge in [-0.2, -0.15) is 0 Å². The van der Waals surface area contributed by atoms with Gasteiger partial charge in [0.05, 0.1) is 0 Å². The van der Waals surface area contributed by atoms with Crippen LogP contribution < -0.4 is 0 Å². The number of ether oxygens (including phenoxy) is 3. The molecule has 0 aliphatic rings. The van der Waals surface area contributed by atoms with Crippen molar-refractivity contribution in [1.29, 1.82) is 0 Å². The Morgan fingerprint density at radius 3 is 0.871 bits per heavy atom. The second-order valence-electron chi connectivity index (χ2n) is 18.4. The molecule has 0 aliphatic heterocycles. The summed E-state index contributed by atoms with van der Waals surface area (Å²) in [5.41, 5.74) is 0. The Balaban J connectivity index is 4.52. The Labute approximate surface area is 431 Å². The molecule has 0 saturated carbocycles. The molecule has 6 nitrogen and oxygen atoms in total. The first kappa shape index (κ1) is 65.8. The highest BCUT2D eigenvalue weighted by Crippen LogP contribution is 2.15. The van der Waals surface area contributed by atoms with E-state index in [0.717, 1.165) is 109 Å². The molecule has 0 N–H and O–H groups in total. The maximum Gasteiger partial charge on any atom is 0.306 e. The molecule has 0 amide bonds. The van der Waals surface area contributed by atoms with Crippen LogP contribution in [-0.2, 0) is 28.6 Å². The van der Waals surface area contributed by atoms with Crippen molar-refractivity contribution in [1.82, 2.24) is 0 Å². The third-order valence-corrected chi connectivity index (χ3v) is 11.7. The summed E-state index contributed by atoms with van der Waals surface area (Å²) in [4.78, 5) is 38.1. The Morgan fingerprint density at radius 1 is 0.300 bits per heavy atom. The van der Waals surface area contributed by atoms with Gasteiger partial charge >= 0.3 is 17.9 Å². The monoisotopic (exact) mass is 969 g/mol. The Hall–Kier alpha value is -4.19. The van der Waals surface area contributed by atoms with E-state index in [1.807, 2.05) is 0 Å². The van der Waals surface area contributed by atoms with Crippen molar-refractivity contribution < 1.29 is 28.6 Å². The predicted octanol–water partition coefficient (Wildman–Crippen LogP) is 19.3. The van der Waals surface area contributed by atoms with Crippen LogP contribution in [0.2, 0.25) is 0 Å². The van der Waals surface area contributed by atoms with E-state index in [4.69, 9.17) is 14.2 Å². The zero-order valence-electron chi connectivity index (χ0n) is 45.2. The van der Waals surface area contributed by atoms with Crippen molar-refractivity contribution in [2.24, 2.45) is 0 Å². The number of allylic oxidation sites excluding steroid dienone is 20. The van der Waals surface area contributed by atoms with Crippen LogP contribution in [0.1, 0.15) is 245 Å². The molecule has 0 rings (SSSR count). The van der Waals surface area contributed by atoms with E-state index in [-0.39, 0.29) is 31.1 Å². The maximum atomic E-state index is 12.9. The molecule has 0 radical (unpaired) electrons. The van der Waals surface area contributed by atoms with Gasteiger partial charge in [0.15, 0.2) is 6.10 Å². The van der Waals surface area contributed by atoms with Crippen LogP contribution in [0.3, 0.4) is 0 Å². The van der Waals surface area contributed by atoms with E-state index in [9.17, 15) is 14.4 Å². The summed E-state index contributed by atoms with van der Waals surface area (Å²) in [6.45, 7) is 6.34. The second kappa shape index (κ2) is 57.4. The highest BCUT2D eigenvalue weighted by molar-refractivity contribution is 5.71. The second-order valence-corrected chi connectivity index (χ2v) is 18.4. The molecular formula is C64H104O6. The highest BCUT2D eigenvalue weighted by Gasteiger charge is 2.19. The molecule has 0 aromatic heterocycles. The third kappa shape index (κ3) is 54.7. The van der Waals surface area contributed by atoms with E-state index < -0.39 is 6.10 Å². The smallest absolute Gasteiger partial charge is 0.306 e.